The lowest BCUT2D eigenvalue weighted by atomic mass is 10.0. The summed E-state index contributed by atoms with van der Waals surface area (Å²) >= 11 is 12.6. The first-order chi connectivity index (χ1) is 18.0. The number of benzene rings is 5. The van der Waals surface area contributed by atoms with E-state index in [9.17, 15) is 5.11 Å². The minimum atomic E-state index is -0.0194. The first-order valence-electron chi connectivity index (χ1n) is 11.7. The van der Waals surface area contributed by atoms with Gasteiger partial charge in [0.2, 0.25) is 5.89 Å². The van der Waals surface area contributed by atoms with Crippen LogP contribution < -0.4 is 0 Å². The Hall–Kier alpha value is -4.12. The number of rotatable bonds is 5. The van der Waals surface area contributed by atoms with Gasteiger partial charge in [0.25, 0.3) is 0 Å². The van der Waals surface area contributed by atoms with Gasteiger partial charge in [-0.3, -0.25) is 4.99 Å². The third kappa shape index (κ3) is 4.69. The van der Waals surface area contributed by atoms with Gasteiger partial charge >= 0.3 is 0 Å². The van der Waals surface area contributed by atoms with Crippen molar-refractivity contribution in [3.05, 3.63) is 124 Å². The van der Waals surface area contributed by atoms with Crippen molar-refractivity contribution in [1.82, 2.24) is 4.98 Å². The van der Waals surface area contributed by atoms with E-state index in [1.54, 1.807) is 12.3 Å². The van der Waals surface area contributed by atoms with Gasteiger partial charge in [0.15, 0.2) is 5.58 Å². The Balaban J connectivity index is 1.31. The number of phenols is 1. The quantitative estimate of drug-likeness (QED) is 0.230. The van der Waals surface area contributed by atoms with Gasteiger partial charge in [-0.25, -0.2) is 4.98 Å². The van der Waals surface area contributed by atoms with E-state index in [2.05, 4.69) is 23.2 Å². The molecule has 0 unspecified atom stereocenters. The summed E-state index contributed by atoms with van der Waals surface area (Å²) in [6.45, 7) is 0. The molecule has 5 aromatic carbocycles. The molecule has 6 aromatic rings. The van der Waals surface area contributed by atoms with Crippen molar-refractivity contribution in [2.45, 2.75) is 6.42 Å². The van der Waals surface area contributed by atoms with Crippen LogP contribution in [0.2, 0.25) is 10.0 Å². The zero-order valence-electron chi connectivity index (χ0n) is 19.5. The first-order valence-corrected chi connectivity index (χ1v) is 12.5. The molecule has 0 aliphatic carbocycles. The van der Waals surface area contributed by atoms with Crippen LogP contribution >= 0.6 is 23.2 Å². The lowest BCUT2D eigenvalue weighted by molar-refractivity contribution is 0.474. The predicted octanol–water partition coefficient (Wildman–Crippen LogP) is 9.00. The van der Waals surface area contributed by atoms with Crippen LogP contribution in [0.15, 0.2) is 106 Å². The highest BCUT2D eigenvalue weighted by molar-refractivity contribution is 6.32. The second-order valence-corrected chi connectivity index (χ2v) is 9.55. The topological polar surface area (TPSA) is 58.6 Å². The van der Waals surface area contributed by atoms with Gasteiger partial charge < -0.3 is 9.52 Å². The highest BCUT2D eigenvalue weighted by atomic mass is 35.5. The second kappa shape index (κ2) is 9.74. The number of oxazole rings is 1. The molecular weight excluding hydrogens is 503 g/mol. The fourth-order valence-corrected chi connectivity index (χ4v) is 4.86. The maximum atomic E-state index is 10.5. The molecule has 37 heavy (non-hydrogen) atoms. The van der Waals surface area contributed by atoms with Crippen LogP contribution in [0.4, 0.5) is 5.69 Å². The average molecular weight is 523 g/mol. The number of halogens is 2. The number of hydrogen-bond donors (Lipinski definition) is 1. The van der Waals surface area contributed by atoms with E-state index in [4.69, 9.17) is 32.6 Å². The summed E-state index contributed by atoms with van der Waals surface area (Å²) in [5.41, 5.74) is 5.41. The van der Waals surface area contributed by atoms with Crippen LogP contribution in [0.1, 0.15) is 16.7 Å². The smallest absolute Gasteiger partial charge is 0.227 e. The van der Waals surface area contributed by atoms with Crippen LogP contribution in [0.3, 0.4) is 0 Å². The molecular formula is C31H20Cl2N2O2. The molecule has 0 aliphatic rings. The third-order valence-corrected chi connectivity index (χ3v) is 6.91. The molecule has 180 valence electrons. The molecule has 1 heterocycles. The van der Waals surface area contributed by atoms with Crippen LogP contribution in [0.25, 0.3) is 33.3 Å². The Kier molecular flexibility index (Phi) is 6.13. The maximum absolute atomic E-state index is 10.5. The highest BCUT2D eigenvalue weighted by Crippen LogP contribution is 2.33. The SMILES string of the molecule is Oc1c(Cl)cc(Cc2ccccc2Cl)cc1C=Nc1ccc2oc(-c3cccc4ccccc34)nc2c1. The van der Waals surface area contributed by atoms with Gasteiger partial charge in [0, 0.05) is 22.4 Å². The molecule has 0 saturated heterocycles. The normalized spacial score (nSPS) is 11.6. The molecule has 0 atom stereocenters. The Bertz CT molecular complexity index is 1800. The maximum Gasteiger partial charge on any atom is 0.227 e. The molecule has 0 bridgehead atoms. The lowest BCUT2D eigenvalue weighted by Gasteiger charge is -2.08. The van der Waals surface area contributed by atoms with E-state index >= 15 is 0 Å². The fourth-order valence-electron chi connectivity index (χ4n) is 4.41. The Morgan fingerprint density at radius 2 is 1.65 bits per heavy atom. The number of phenolic OH excluding ortho intramolecular Hbond substituents is 1. The molecule has 0 spiro atoms. The number of aliphatic imine (C=N–C) groups is 1. The van der Waals surface area contributed by atoms with E-state index in [1.807, 2.05) is 72.8 Å². The van der Waals surface area contributed by atoms with E-state index in [1.165, 1.54) is 0 Å². The van der Waals surface area contributed by atoms with Crippen molar-refractivity contribution in [1.29, 1.82) is 0 Å². The average Bonchev–Trinajstić information content (AvgIpc) is 3.34. The van der Waals surface area contributed by atoms with Crippen LogP contribution in [0, 0.1) is 0 Å². The molecule has 1 aromatic heterocycles. The summed E-state index contributed by atoms with van der Waals surface area (Å²) in [6.07, 6.45) is 2.19. The minimum Gasteiger partial charge on any atom is -0.506 e. The minimum absolute atomic E-state index is 0.0194. The van der Waals surface area contributed by atoms with E-state index in [0.717, 1.165) is 27.5 Å². The summed E-state index contributed by atoms with van der Waals surface area (Å²) in [5, 5.41) is 13.7. The lowest BCUT2D eigenvalue weighted by Crippen LogP contribution is -1.93. The number of hydrogen-bond acceptors (Lipinski definition) is 4. The number of fused-ring (bicyclic) bond motifs is 2. The summed E-state index contributed by atoms with van der Waals surface area (Å²) in [6, 6.07) is 31.1. The van der Waals surface area contributed by atoms with E-state index in [0.29, 0.717) is 39.7 Å². The van der Waals surface area contributed by atoms with Gasteiger partial charge in [-0.1, -0.05) is 77.8 Å². The van der Waals surface area contributed by atoms with Crippen LogP contribution in [0.5, 0.6) is 5.75 Å². The van der Waals surface area contributed by atoms with Crippen molar-refractivity contribution in [2.24, 2.45) is 4.99 Å². The summed E-state index contributed by atoms with van der Waals surface area (Å²) in [5.74, 6) is 0.540. The van der Waals surface area contributed by atoms with Gasteiger partial charge in [-0.2, -0.15) is 0 Å². The molecule has 0 amide bonds. The summed E-state index contributed by atoms with van der Waals surface area (Å²) < 4.78 is 6.07. The van der Waals surface area contributed by atoms with Gasteiger partial charge in [0.1, 0.15) is 11.3 Å². The standard InChI is InChI=1S/C31H20Cl2N2O2/c32-26-11-4-2-7-21(26)14-19-15-22(30(36)27(33)16-19)18-34-23-12-13-29-28(17-23)35-31(37-29)25-10-5-8-20-6-1-3-9-24(20)25/h1-13,15-18,36H,14H2. The predicted molar refractivity (Wildman–Crippen MR) is 152 cm³/mol. The molecule has 0 saturated carbocycles. The number of aromatic nitrogens is 1. The monoisotopic (exact) mass is 522 g/mol. The molecule has 6 heteroatoms. The van der Waals surface area contributed by atoms with Crippen LogP contribution in [-0.2, 0) is 6.42 Å². The Morgan fingerprint density at radius 3 is 2.54 bits per heavy atom. The molecule has 0 fully saturated rings. The third-order valence-electron chi connectivity index (χ3n) is 6.25. The zero-order valence-corrected chi connectivity index (χ0v) is 21.0. The molecule has 6 rings (SSSR count). The summed E-state index contributed by atoms with van der Waals surface area (Å²) in [7, 11) is 0. The van der Waals surface area contributed by atoms with Crippen molar-refractivity contribution in [2.75, 3.05) is 0 Å². The second-order valence-electron chi connectivity index (χ2n) is 8.74. The van der Waals surface area contributed by atoms with Crippen molar-refractivity contribution >= 4 is 57.0 Å². The van der Waals surface area contributed by atoms with Crippen LogP contribution in [-0.4, -0.2) is 16.3 Å². The molecule has 1 N–H and O–H groups in total. The van der Waals surface area contributed by atoms with Crippen molar-refractivity contribution in [3.63, 3.8) is 0 Å². The molecule has 0 radical (unpaired) electrons. The molecule has 4 nitrogen and oxygen atoms in total. The zero-order chi connectivity index (χ0) is 25.4. The van der Waals surface area contributed by atoms with Crippen molar-refractivity contribution in [3.8, 4) is 17.2 Å². The van der Waals surface area contributed by atoms with E-state index in [-0.39, 0.29) is 10.8 Å². The van der Waals surface area contributed by atoms with Crippen molar-refractivity contribution < 1.29 is 9.52 Å². The number of aromatic hydroxyl groups is 1. The number of nitrogens with zero attached hydrogens (tertiary/aromatic N) is 2. The molecule has 0 aliphatic heterocycles. The highest BCUT2D eigenvalue weighted by Gasteiger charge is 2.12. The van der Waals surface area contributed by atoms with Gasteiger partial charge in [-0.15, -0.1) is 0 Å². The first kappa shape index (κ1) is 23.3. The fraction of sp³-hybridized carbons (Fsp3) is 0.0323. The summed E-state index contributed by atoms with van der Waals surface area (Å²) in [4.78, 5) is 9.30. The van der Waals surface area contributed by atoms with Gasteiger partial charge in [-0.05, 0) is 70.8 Å². The largest absolute Gasteiger partial charge is 0.506 e. The van der Waals surface area contributed by atoms with Gasteiger partial charge in [0.05, 0.1) is 10.7 Å². The Labute approximate surface area is 223 Å². The van der Waals surface area contributed by atoms with E-state index < -0.39 is 0 Å². The Morgan fingerprint density at radius 1 is 0.838 bits per heavy atom.